The molecule has 0 unspecified atom stereocenters. The van der Waals surface area contributed by atoms with E-state index in [1.165, 1.54) is 48.5 Å². The largest absolute Gasteiger partial charge is 0.478 e. The van der Waals surface area contributed by atoms with Crippen molar-refractivity contribution >= 4 is 17.8 Å². The van der Waals surface area contributed by atoms with Crippen molar-refractivity contribution < 1.29 is 33.0 Å². The van der Waals surface area contributed by atoms with Crippen LogP contribution < -0.4 is 15.4 Å². The van der Waals surface area contributed by atoms with Crippen molar-refractivity contribution in [1.82, 2.24) is 15.6 Å². The fraction of sp³-hybridized carbons (Fsp3) is 0.231. The smallest absolute Gasteiger partial charge is 0.335 e. The highest BCUT2D eigenvalue weighted by atomic mass is 19.1. The highest BCUT2D eigenvalue weighted by Crippen LogP contribution is 2.25. The molecule has 10 heteroatoms. The van der Waals surface area contributed by atoms with E-state index in [1.54, 1.807) is 0 Å². The van der Waals surface area contributed by atoms with Gasteiger partial charge in [0.15, 0.2) is 0 Å². The molecule has 4 rings (SSSR count). The summed E-state index contributed by atoms with van der Waals surface area (Å²) in [6.07, 6.45) is 3.34. The minimum atomic E-state index is -1.06. The Morgan fingerprint density at radius 3 is 1.94 bits per heavy atom. The predicted octanol–water partition coefficient (Wildman–Crippen LogP) is 4.32. The van der Waals surface area contributed by atoms with Crippen molar-refractivity contribution in [3.05, 3.63) is 89.1 Å². The summed E-state index contributed by atoms with van der Waals surface area (Å²) < 4.78 is 32.5. The highest BCUT2D eigenvalue weighted by molar-refractivity contribution is 5.97. The summed E-state index contributed by atoms with van der Waals surface area (Å²) in [6, 6.07) is 11.5. The van der Waals surface area contributed by atoms with Crippen molar-refractivity contribution in [2.45, 2.75) is 37.8 Å². The van der Waals surface area contributed by atoms with Gasteiger partial charge in [0.25, 0.3) is 11.8 Å². The van der Waals surface area contributed by atoms with Gasteiger partial charge >= 0.3 is 5.97 Å². The summed E-state index contributed by atoms with van der Waals surface area (Å²) in [5, 5.41) is 14.8. The third-order valence-electron chi connectivity index (χ3n) is 5.88. The van der Waals surface area contributed by atoms with Gasteiger partial charge in [-0.25, -0.2) is 18.6 Å². The molecule has 1 aliphatic carbocycles. The van der Waals surface area contributed by atoms with Gasteiger partial charge < -0.3 is 20.5 Å². The van der Waals surface area contributed by atoms with E-state index >= 15 is 0 Å². The molecule has 0 radical (unpaired) electrons. The third kappa shape index (κ3) is 6.21. The van der Waals surface area contributed by atoms with Crippen molar-refractivity contribution in [1.29, 1.82) is 0 Å². The number of carbonyl (C=O) groups excluding carboxylic acids is 2. The molecule has 1 aliphatic rings. The summed E-state index contributed by atoms with van der Waals surface area (Å²) in [5.41, 5.74) is 0.379. The second kappa shape index (κ2) is 10.9. The van der Waals surface area contributed by atoms with Crippen LogP contribution in [0.5, 0.6) is 11.6 Å². The van der Waals surface area contributed by atoms with E-state index in [0.717, 1.165) is 12.3 Å². The molecule has 36 heavy (non-hydrogen) atoms. The quantitative estimate of drug-likeness (QED) is 0.449. The van der Waals surface area contributed by atoms with E-state index in [1.807, 2.05) is 0 Å². The van der Waals surface area contributed by atoms with Gasteiger partial charge in [-0.1, -0.05) is 0 Å². The van der Waals surface area contributed by atoms with Gasteiger partial charge in [-0.3, -0.25) is 9.59 Å². The van der Waals surface area contributed by atoms with Crippen molar-refractivity contribution in [2.75, 3.05) is 0 Å². The molecule has 0 atom stereocenters. The second-order valence-corrected chi connectivity index (χ2v) is 8.44. The molecule has 1 aromatic heterocycles. The van der Waals surface area contributed by atoms with Gasteiger partial charge in [-0.05, 0) is 80.3 Å². The number of carbonyl (C=O) groups is 3. The Morgan fingerprint density at radius 1 is 0.806 bits per heavy atom. The van der Waals surface area contributed by atoms with Crippen LogP contribution in [0.3, 0.4) is 0 Å². The molecule has 186 valence electrons. The SMILES string of the molecule is O=C(O)c1ccc(C(=O)NC2CCC(NC(=O)c3cc(F)cnc3Oc3ccc(F)cc3)CC2)cc1. The number of halogens is 2. The van der Waals surface area contributed by atoms with Crippen LogP contribution in [-0.2, 0) is 0 Å². The zero-order valence-corrected chi connectivity index (χ0v) is 19.0. The Labute approximate surface area is 205 Å². The van der Waals surface area contributed by atoms with Crippen LogP contribution in [0.2, 0.25) is 0 Å². The zero-order valence-electron chi connectivity index (χ0n) is 19.0. The van der Waals surface area contributed by atoms with Gasteiger partial charge in [-0.15, -0.1) is 0 Å². The molecule has 1 heterocycles. The van der Waals surface area contributed by atoms with E-state index in [4.69, 9.17) is 9.84 Å². The minimum absolute atomic E-state index is 0.0837. The second-order valence-electron chi connectivity index (χ2n) is 8.44. The molecule has 8 nitrogen and oxygen atoms in total. The van der Waals surface area contributed by atoms with Gasteiger partial charge in [0.2, 0.25) is 5.88 Å². The monoisotopic (exact) mass is 495 g/mol. The fourth-order valence-corrected chi connectivity index (χ4v) is 3.96. The number of benzene rings is 2. The van der Waals surface area contributed by atoms with Crippen LogP contribution in [0.25, 0.3) is 0 Å². The number of rotatable bonds is 7. The number of hydrogen-bond donors (Lipinski definition) is 3. The van der Waals surface area contributed by atoms with Crippen molar-refractivity contribution in [3.63, 3.8) is 0 Å². The van der Waals surface area contributed by atoms with E-state index in [0.29, 0.717) is 31.2 Å². The van der Waals surface area contributed by atoms with Gasteiger partial charge in [0, 0.05) is 17.6 Å². The molecule has 0 aliphatic heterocycles. The molecule has 0 saturated heterocycles. The lowest BCUT2D eigenvalue weighted by Crippen LogP contribution is -2.43. The fourth-order valence-electron chi connectivity index (χ4n) is 3.96. The third-order valence-corrected chi connectivity index (χ3v) is 5.88. The zero-order chi connectivity index (χ0) is 25.7. The molecule has 3 aromatic rings. The highest BCUT2D eigenvalue weighted by Gasteiger charge is 2.26. The molecular formula is C26H23F2N3O5. The number of nitrogens with one attached hydrogen (secondary N) is 2. The van der Waals surface area contributed by atoms with E-state index in [9.17, 15) is 23.2 Å². The molecule has 1 fully saturated rings. The van der Waals surface area contributed by atoms with Gasteiger partial charge in [-0.2, -0.15) is 0 Å². The first kappa shape index (κ1) is 24.8. The predicted molar refractivity (Wildman–Crippen MR) is 125 cm³/mol. The molecular weight excluding hydrogens is 472 g/mol. The van der Waals surface area contributed by atoms with Crippen LogP contribution in [0, 0.1) is 11.6 Å². The first-order valence-corrected chi connectivity index (χ1v) is 11.3. The Kier molecular flexibility index (Phi) is 7.53. The van der Waals surface area contributed by atoms with E-state index in [-0.39, 0.29) is 40.7 Å². The Hall–Kier alpha value is -4.34. The summed E-state index contributed by atoms with van der Waals surface area (Å²) in [4.78, 5) is 40.2. The molecule has 0 spiro atoms. The van der Waals surface area contributed by atoms with Gasteiger partial charge in [0.05, 0.1) is 11.8 Å². The van der Waals surface area contributed by atoms with E-state index in [2.05, 4.69) is 15.6 Å². The Morgan fingerprint density at radius 2 is 1.36 bits per heavy atom. The summed E-state index contributed by atoms with van der Waals surface area (Å²) >= 11 is 0. The van der Waals surface area contributed by atoms with Crippen LogP contribution >= 0.6 is 0 Å². The minimum Gasteiger partial charge on any atom is -0.478 e. The average Bonchev–Trinajstić information content (AvgIpc) is 2.87. The first-order chi connectivity index (χ1) is 17.3. The lowest BCUT2D eigenvalue weighted by Gasteiger charge is -2.29. The van der Waals surface area contributed by atoms with Crippen LogP contribution in [0.15, 0.2) is 60.8 Å². The number of ether oxygens (including phenoxy) is 1. The number of pyridine rings is 1. The number of carboxylic acid groups (broad SMARTS) is 1. The summed E-state index contributed by atoms with van der Waals surface area (Å²) in [6.45, 7) is 0. The number of carboxylic acids is 1. The number of aromatic carboxylic acids is 1. The van der Waals surface area contributed by atoms with Crippen LogP contribution in [-0.4, -0.2) is 40.0 Å². The van der Waals surface area contributed by atoms with Crippen LogP contribution in [0.1, 0.15) is 56.8 Å². The normalized spacial score (nSPS) is 17.2. The van der Waals surface area contributed by atoms with E-state index < -0.39 is 23.5 Å². The number of nitrogens with zero attached hydrogens (tertiary/aromatic N) is 1. The average molecular weight is 495 g/mol. The van der Waals surface area contributed by atoms with Crippen molar-refractivity contribution in [2.24, 2.45) is 0 Å². The molecule has 3 N–H and O–H groups in total. The molecule has 0 bridgehead atoms. The number of hydrogen-bond acceptors (Lipinski definition) is 5. The lowest BCUT2D eigenvalue weighted by molar-refractivity contribution is 0.0696. The maximum atomic E-state index is 13.8. The lowest BCUT2D eigenvalue weighted by atomic mass is 9.90. The van der Waals surface area contributed by atoms with Crippen LogP contribution in [0.4, 0.5) is 8.78 Å². The molecule has 1 saturated carbocycles. The molecule has 2 aromatic carbocycles. The summed E-state index contributed by atoms with van der Waals surface area (Å²) in [7, 11) is 0. The molecule has 2 amide bonds. The van der Waals surface area contributed by atoms with Gasteiger partial charge in [0.1, 0.15) is 22.9 Å². The standard InChI is InChI=1S/C26H23F2N3O5/c27-17-5-11-21(12-6-17)36-25-22(13-18(28)14-29-25)24(33)31-20-9-7-19(8-10-20)30-23(32)15-1-3-16(4-2-15)26(34)35/h1-6,11-14,19-20H,7-10H2,(H,30,32)(H,31,33)(H,34,35). The maximum absolute atomic E-state index is 13.8. The number of amides is 2. The topological polar surface area (TPSA) is 118 Å². The van der Waals surface area contributed by atoms with Crippen molar-refractivity contribution in [3.8, 4) is 11.6 Å². The Balaban J connectivity index is 1.32. The first-order valence-electron chi connectivity index (χ1n) is 11.3. The summed E-state index contributed by atoms with van der Waals surface area (Å²) in [5.74, 6) is -2.91. The maximum Gasteiger partial charge on any atom is 0.335 e. The Bertz CT molecular complexity index is 1260. The number of aromatic nitrogens is 1.